The van der Waals surface area contributed by atoms with Gasteiger partial charge in [-0.2, -0.15) is 26.3 Å². The molecule has 5 rings (SSSR count). The normalized spacial score (nSPS) is 19.8. The molecule has 2 aliphatic rings. The Bertz CT molecular complexity index is 1680. The fourth-order valence-electron chi connectivity index (χ4n) is 5.34. The molecule has 0 radical (unpaired) electrons. The Hall–Kier alpha value is -4.47. The number of carbonyl (C=O) groups is 2. The molecule has 1 unspecified atom stereocenters. The quantitative estimate of drug-likeness (QED) is 0.211. The van der Waals surface area contributed by atoms with Crippen LogP contribution in [0.25, 0.3) is 11.6 Å². The molecule has 1 saturated carbocycles. The first-order chi connectivity index (χ1) is 23.0. The van der Waals surface area contributed by atoms with Crippen LogP contribution < -0.4 is 5.32 Å². The summed E-state index contributed by atoms with van der Waals surface area (Å²) in [6.45, 7) is 3.39. The number of pyridine rings is 1. The SMILES string of the molecule is CC(C)(C)OC(=O)Nc1cc(C(F)(F)F)c2nc1-c1nnc(o1)C(OCc1ccccc1)(C(F)(F)F)C/C=C\CCN(C(=O)C1CCC1)C2. The maximum absolute atomic E-state index is 15.1. The molecule has 1 N–H and O–H groups in total. The van der Waals surface area contributed by atoms with Crippen molar-refractivity contribution in [3.63, 3.8) is 0 Å². The lowest BCUT2D eigenvalue weighted by molar-refractivity contribution is -0.295. The lowest BCUT2D eigenvalue weighted by atomic mass is 9.84. The predicted octanol–water partition coefficient (Wildman–Crippen LogP) is 7.95. The van der Waals surface area contributed by atoms with Crippen LogP contribution >= 0.6 is 0 Å². The van der Waals surface area contributed by atoms with E-state index in [1.807, 2.05) is 0 Å². The fourth-order valence-corrected chi connectivity index (χ4v) is 5.34. The Kier molecular flexibility index (Phi) is 10.1. The molecule has 0 saturated heterocycles. The summed E-state index contributed by atoms with van der Waals surface area (Å²) in [5.74, 6) is -2.55. The highest BCUT2D eigenvalue weighted by Crippen LogP contribution is 2.47. The van der Waals surface area contributed by atoms with Crippen LogP contribution in [0, 0.1) is 5.92 Å². The second-order valence-electron chi connectivity index (χ2n) is 12.9. The molecule has 49 heavy (non-hydrogen) atoms. The van der Waals surface area contributed by atoms with Crippen LogP contribution in [-0.2, 0) is 39.2 Å². The number of hydrogen-bond acceptors (Lipinski definition) is 8. The monoisotopic (exact) mass is 695 g/mol. The van der Waals surface area contributed by atoms with E-state index in [-0.39, 0.29) is 13.0 Å². The number of nitrogens with one attached hydrogen (secondary N) is 1. The summed E-state index contributed by atoms with van der Waals surface area (Å²) in [6.07, 6.45) is -7.60. The van der Waals surface area contributed by atoms with Crippen molar-refractivity contribution in [3.8, 4) is 11.6 Å². The molecule has 3 heterocycles. The number of hydrogen-bond donors (Lipinski definition) is 1. The Morgan fingerprint density at radius 1 is 1.04 bits per heavy atom. The van der Waals surface area contributed by atoms with E-state index in [1.165, 1.54) is 37.8 Å². The van der Waals surface area contributed by atoms with Gasteiger partial charge in [-0.15, -0.1) is 10.2 Å². The molecular weight excluding hydrogens is 660 g/mol. The molecule has 2 amide bonds. The van der Waals surface area contributed by atoms with Crippen LogP contribution in [0.3, 0.4) is 0 Å². The second-order valence-corrected chi connectivity index (χ2v) is 12.9. The smallest absolute Gasteiger partial charge is 0.426 e. The maximum Gasteiger partial charge on any atom is 0.426 e. The number of alkyl halides is 6. The minimum Gasteiger partial charge on any atom is -0.444 e. The first-order valence-corrected chi connectivity index (χ1v) is 15.6. The molecule has 1 aliphatic carbocycles. The zero-order chi connectivity index (χ0) is 35.6. The minimum absolute atomic E-state index is 0.0205. The molecule has 1 fully saturated rings. The molecule has 1 aliphatic heterocycles. The van der Waals surface area contributed by atoms with Gasteiger partial charge in [-0.05, 0) is 51.7 Å². The summed E-state index contributed by atoms with van der Waals surface area (Å²) in [5, 5.41) is 9.61. The number of nitrogens with zero attached hydrogens (tertiary/aromatic N) is 4. The highest BCUT2D eigenvalue weighted by Gasteiger charge is 2.61. The lowest BCUT2D eigenvalue weighted by Gasteiger charge is -2.32. The highest BCUT2D eigenvalue weighted by atomic mass is 19.4. The number of amides is 2. The standard InChI is InChI=1S/C33H35F6N5O5/c1-30(2,3)49-29(46)41-23-17-22(32(34,35)36)24-18-44(27(45)21-13-10-14-21)16-9-5-8-15-31(33(37,38)39,47-19-20-11-6-4-7-12-20)28-43-42-26(48-28)25(23)40-24/h4-8,11-12,17,21H,9-10,13-16,18-19H2,1-3H3,(H,41,46)/b8-5-. The third kappa shape index (κ3) is 8.23. The zero-order valence-electron chi connectivity index (χ0n) is 27.0. The third-order valence-corrected chi connectivity index (χ3v) is 8.05. The number of carbonyl (C=O) groups excluding carboxylic acids is 2. The van der Waals surface area contributed by atoms with E-state index in [0.717, 1.165) is 6.42 Å². The average molecular weight is 696 g/mol. The van der Waals surface area contributed by atoms with Gasteiger partial charge in [-0.1, -0.05) is 48.9 Å². The van der Waals surface area contributed by atoms with E-state index in [1.54, 1.807) is 30.3 Å². The summed E-state index contributed by atoms with van der Waals surface area (Å²) in [7, 11) is 0. The van der Waals surface area contributed by atoms with Crippen LogP contribution in [0.5, 0.6) is 0 Å². The van der Waals surface area contributed by atoms with E-state index in [2.05, 4.69) is 20.5 Å². The van der Waals surface area contributed by atoms with Crippen LogP contribution in [-0.4, -0.2) is 50.4 Å². The van der Waals surface area contributed by atoms with Gasteiger partial charge >= 0.3 is 18.4 Å². The molecule has 16 heteroatoms. The van der Waals surface area contributed by atoms with E-state index >= 15 is 13.2 Å². The number of fused-ring (bicyclic) bond motifs is 5. The molecule has 264 valence electrons. The number of benzene rings is 1. The summed E-state index contributed by atoms with van der Waals surface area (Å²) >= 11 is 0. The summed E-state index contributed by atoms with van der Waals surface area (Å²) < 4.78 is 105. The van der Waals surface area contributed by atoms with Gasteiger partial charge in [0.15, 0.2) is 5.69 Å². The van der Waals surface area contributed by atoms with E-state index < -0.39 is 95.5 Å². The number of aromatic nitrogens is 3. The maximum atomic E-state index is 15.1. The number of anilines is 1. The first-order valence-electron chi connectivity index (χ1n) is 15.6. The van der Waals surface area contributed by atoms with Crippen molar-refractivity contribution in [2.24, 2.45) is 5.92 Å². The van der Waals surface area contributed by atoms with Crippen molar-refractivity contribution in [3.05, 3.63) is 71.3 Å². The van der Waals surface area contributed by atoms with Gasteiger partial charge in [-0.25, -0.2) is 9.78 Å². The van der Waals surface area contributed by atoms with Crippen molar-refractivity contribution < 1.29 is 49.8 Å². The average Bonchev–Trinajstić information content (AvgIpc) is 3.45. The van der Waals surface area contributed by atoms with Gasteiger partial charge < -0.3 is 18.8 Å². The number of halogens is 6. The predicted molar refractivity (Wildman–Crippen MR) is 162 cm³/mol. The first kappa shape index (κ1) is 35.8. The zero-order valence-corrected chi connectivity index (χ0v) is 27.0. The second kappa shape index (κ2) is 13.8. The van der Waals surface area contributed by atoms with Gasteiger partial charge in [0.2, 0.25) is 11.5 Å². The molecule has 2 aromatic heterocycles. The van der Waals surface area contributed by atoms with Gasteiger partial charge in [0.1, 0.15) is 5.60 Å². The van der Waals surface area contributed by atoms with Crippen molar-refractivity contribution in [2.75, 3.05) is 11.9 Å². The van der Waals surface area contributed by atoms with Crippen molar-refractivity contribution in [1.29, 1.82) is 0 Å². The molecular formula is C33H35F6N5O5. The van der Waals surface area contributed by atoms with Gasteiger partial charge in [0, 0.05) is 18.9 Å². The number of ether oxygens (including phenoxy) is 2. The molecule has 4 bridgehead atoms. The van der Waals surface area contributed by atoms with Crippen LogP contribution in [0.2, 0.25) is 0 Å². The van der Waals surface area contributed by atoms with E-state index in [4.69, 9.17) is 13.9 Å². The third-order valence-electron chi connectivity index (χ3n) is 8.05. The Labute approximate surface area is 277 Å². The summed E-state index contributed by atoms with van der Waals surface area (Å²) in [5.41, 5.74) is -6.93. The molecule has 10 nitrogen and oxygen atoms in total. The van der Waals surface area contributed by atoms with Crippen LogP contribution in [0.1, 0.15) is 75.6 Å². The lowest BCUT2D eigenvalue weighted by Crippen LogP contribution is -2.45. The van der Waals surface area contributed by atoms with Crippen LogP contribution in [0.4, 0.5) is 36.8 Å². The van der Waals surface area contributed by atoms with Crippen molar-refractivity contribution in [1.82, 2.24) is 20.1 Å². The van der Waals surface area contributed by atoms with Gasteiger partial charge in [0.25, 0.3) is 11.8 Å². The largest absolute Gasteiger partial charge is 0.444 e. The topological polar surface area (TPSA) is 120 Å². The summed E-state index contributed by atoms with van der Waals surface area (Å²) in [6, 6.07) is 8.63. The number of rotatable bonds is 5. The minimum atomic E-state index is -5.13. The van der Waals surface area contributed by atoms with Crippen LogP contribution in [0.15, 0.2) is 53.0 Å². The fraction of sp³-hybridized carbons (Fsp3) is 0.485. The molecule has 1 aromatic carbocycles. The Morgan fingerprint density at radius 2 is 1.76 bits per heavy atom. The highest BCUT2D eigenvalue weighted by molar-refractivity contribution is 5.89. The van der Waals surface area contributed by atoms with Gasteiger partial charge in [-0.3, -0.25) is 10.1 Å². The van der Waals surface area contributed by atoms with Gasteiger partial charge in [0.05, 0.1) is 30.1 Å². The van der Waals surface area contributed by atoms with Crippen molar-refractivity contribution >= 4 is 17.7 Å². The van der Waals surface area contributed by atoms with Crippen molar-refractivity contribution in [2.45, 2.75) is 89.6 Å². The van der Waals surface area contributed by atoms with E-state index in [9.17, 15) is 22.8 Å². The Balaban J connectivity index is 1.69. The summed E-state index contributed by atoms with van der Waals surface area (Å²) in [4.78, 5) is 31.5. The van der Waals surface area contributed by atoms with E-state index in [0.29, 0.717) is 24.5 Å². The molecule has 0 spiro atoms. The molecule has 1 atom stereocenters. The Morgan fingerprint density at radius 3 is 2.37 bits per heavy atom. The molecule has 3 aromatic rings.